The monoisotopic (exact) mass is 362 g/mol. The standard InChI is InChI=1S/C22H19FN2O2/c23-17-6-3-5-16(12-17)18-8-10-24-14-20(18)25-22(26)13-21-19-7-2-1-4-15(19)9-11-27-21/h1-8,10,12,14,21H,9,11,13H2,(H,25,26)/t21-/m0/s1. The third-order valence-corrected chi connectivity index (χ3v) is 4.69. The van der Waals surface area contributed by atoms with Gasteiger partial charge in [0.15, 0.2) is 0 Å². The number of amides is 1. The molecule has 1 aliphatic heterocycles. The number of aromatic nitrogens is 1. The van der Waals surface area contributed by atoms with Crippen LogP contribution in [0, 0.1) is 5.82 Å². The summed E-state index contributed by atoms with van der Waals surface area (Å²) in [4.78, 5) is 16.7. The topological polar surface area (TPSA) is 51.2 Å². The van der Waals surface area contributed by atoms with Crippen molar-refractivity contribution in [2.24, 2.45) is 0 Å². The van der Waals surface area contributed by atoms with E-state index in [4.69, 9.17) is 4.74 Å². The first-order valence-electron chi connectivity index (χ1n) is 8.90. The van der Waals surface area contributed by atoms with E-state index in [2.05, 4.69) is 16.4 Å². The molecule has 27 heavy (non-hydrogen) atoms. The van der Waals surface area contributed by atoms with E-state index < -0.39 is 0 Å². The van der Waals surface area contributed by atoms with Crippen molar-refractivity contribution < 1.29 is 13.9 Å². The van der Waals surface area contributed by atoms with Crippen molar-refractivity contribution in [1.29, 1.82) is 0 Å². The molecule has 136 valence electrons. The average Bonchev–Trinajstić information content (AvgIpc) is 2.69. The summed E-state index contributed by atoms with van der Waals surface area (Å²) >= 11 is 0. The van der Waals surface area contributed by atoms with E-state index in [0.717, 1.165) is 17.5 Å². The highest BCUT2D eigenvalue weighted by Gasteiger charge is 2.23. The van der Waals surface area contributed by atoms with Gasteiger partial charge in [-0.05, 0) is 41.3 Å². The zero-order valence-electron chi connectivity index (χ0n) is 14.7. The third-order valence-electron chi connectivity index (χ3n) is 4.69. The summed E-state index contributed by atoms with van der Waals surface area (Å²) in [6, 6.07) is 16.1. The van der Waals surface area contributed by atoms with E-state index in [1.165, 1.54) is 17.7 Å². The maximum atomic E-state index is 13.6. The molecule has 5 heteroatoms. The van der Waals surface area contributed by atoms with Gasteiger partial charge < -0.3 is 10.1 Å². The van der Waals surface area contributed by atoms with Gasteiger partial charge in [-0.15, -0.1) is 0 Å². The van der Waals surface area contributed by atoms with Gasteiger partial charge >= 0.3 is 0 Å². The van der Waals surface area contributed by atoms with Crippen molar-refractivity contribution in [2.45, 2.75) is 18.9 Å². The molecule has 4 rings (SSSR count). The van der Waals surface area contributed by atoms with Gasteiger partial charge in [-0.3, -0.25) is 9.78 Å². The van der Waals surface area contributed by atoms with Crippen molar-refractivity contribution in [2.75, 3.05) is 11.9 Å². The van der Waals surface area contributed by atoms with Gasteiger partial charge in [-0.1, -0.05) is 36.4 Å². The Morgan fingerprint density at radius 1 is 1.19 bits per heavy atom. The molecule has 2 heterocycles. The smallest absolute Gasteiger partial charge is 0.227 e. The van der Waals surface area contributed by atoms with E-state index in [0.29, 0.717) is 17.9 Å². The second-order valence-corrected chi connectivity index (χ2v) is 6.49. The molecule has 0 unspecified atom stereocenters. The van der Waals surface area contributed by atoms with Crippen molar-refractivity contribution in [3.8, 4) is 11.1 Å². The predicted molar refractivity (Wildman–Crippen MR) is 102 cm³/mol. The fourth-order valence-corrected chi connectivity index (χ4v) is 3.42. The fourth-order valence-electron chi connectivity index (χ4n) is 3.42. The number of anilines is 1. The Morgan fingerprint density at radius 2 is 2.07 bits per heavy atom. The second-order valence-electron chi connectivity index (χ2n) is 6.49. The minimum absolute atomic E-state index is 0.164. The number of pyridine rings is 1. The molecule has 2 aromatic carbocycles. The number of benzene rings is 2. The first-order chi connectivity index (χ1) is 13.2. The van der Waals surface area contributed by atoms with Gasteiger partial charge in [-0.25, -0.2) is 4.39 Å². The molecule has 1 aromatic heterocycles. The Balaban J connectivity index is 1.53. The number of rotatable bonds is 4. The number of hydrogen-bond donors (Lipinski definition) is 1. The van der Waals surface area contributed by atoms with Crippen LogP contribution in [0.3, 0.4) is 0 Å². The SMILES string of the molecule is O=C(C[C@@H]1OCCc2ccccc21)Nc1cnccc1-c1cccc(F)c1. The highest BCUT2D eigenvalue weighted by molar-refractivity contribution is 5.95. The molecule has 1 atom stereocenters. The van der Waals surface area contributed by atoms with Crippen LogP contribution in [-0.4, -0.2) is 17.5 Å². The molecule has 0 aliphatic carbocycles. The molecule has 0 bridgehead atoms. The molecule has 4 nitrogen and oxygen atoms in total. The number of nitrogens with zero attached hydrogens (tertiary/aromatic N) is 1. The van der Waals surface area contributed by atoms with Gasteiger partial charge in [0.2, 0.25) is 5.91 Å². The van der Waals surface area contributed by atoms with Crippen LogP contribution in [0.25, 0.3) is 11.1 Å². The summed E-state index contributed by atoms with van der Waals surface area (Å²) in [5.41, 5.74) is 4.26. The van der Waals surface area contributed by atoms with Gasteiger partial charge in [0.1, 0.15) is 5.82 Å². The van der Waals surface area contributed by atoms with Crippen LogP contribution < -0.4 is 5.32 Å². The lowest BCUT2D eigenvalue weighted by Crippen LogP contribution is -2.22. The highest BCUT2D eigenvalue weighted by Crippen LogP contribution is 2.31. The van der Waals surface area contributed by atoms with Crippen molar-refractivity contribution in [3.05, 3.63) is 83.9 Å². The van der Waals surface area contributed by atoms with Crippen LogP contribution >= 0.6 is 0 Å². The summed E-state index contributed by atoms with van der Waals surface area (Å²) < 4.78 is 19.4. The molecule has 0 saturated heterocycles. The summed E-state index contributed by atoms with van der Waals surface area (Å²) in [5, 5.41) is 2.90. The zero-order valence-corrected chi connectivity index (χ0v) is 14.7. The minimum atomic E-state index is -0.325. The quantitative estimate of drug-likeness (QED) is 0.742. The average molecular weight is 362 g/mol. The van der Waals surface area contributed by atoms with Gasteiger partial charge in [0, 0.05) is 11.8 Å². The first-order valence-corrected chi connectivity index (χ1v) is 8.90. The molecular weight excluding hydrogens is 343 g/mol. The summed E-state index contributed by atoms with van der Waals surface area (Å²) in [6.45, 7) is 0.608. The Morgan fingerprint density at radius 3 is 2.96 bits per heavy atom. The Hall–Kier alpha value is -3.05. The van der Waals surface area contributed by atoms with Crippen LogP contribution in [0.1, 0.15) is 23.7 Å². The maximum Gasteiger partial charge on any atom is 0.227 e. The molecule has 1 N–H and O–H groups in total. The largest absolute Gasteiger partial charge is 0.373 e. The summed E-state index contributed by atoms with van der Waals surface area (Å²) in [7, 11) is 0. The molecular formula is C22H19FN2O2. The molecule has 0 spiro atoms. The van der Waals surface area contributed by atoms with Crippen molar-refractivity contribution >= 4 is 11.6 Å². The maximum absolute atomic E-state index is 13.6. The Bertz CT molecular complexity index is 974. The Labute approximate surface area is 157 Å². The molecule has 3 aromatic rings. The van der Waals surface area contributed by atoms with Gasteiger partial charge in [0.25, 0.3) is 0 Å². The lowest BCUT2D eigenvalue weighted by Gasteiger charge is -2.25. The normalized spacial score (nSPS) is 15.8. The van der Waals surface area contributed by atoms with E-state index in [9.17, 15) is 9.18 Å². The van der Waals surface area contributed by atoms with Crippen LogP contribution in [-0.2, 0) is 16.0 Å². The molecule has 0 radical (unpaired) electrons. The van der Waals surface area contributed by atoms with Crippen molar-refractivity contribution in [1.82, 2.24) is 4.98 Å². The third kappa shape index (κ3) is 3.88. The lowest BCUT2D eigenvalue weighted by molar-refractivity contribution is -0.119. The van der Waals surface area contributed by atoms with Crippen LogP contribution in [0.15, 0.2) is 67.0 Å². The number of carbonyl (C=O) groups is 1. The van der Waals surface area contributed by atoms with E-state index in [1.54, 1.807) is 30.6 Å². The van der Waals surface area contributed by atoms with E-state index in [-0.39, 0.29) is 24.2 Å². The number of hydrogen-bond acceptors (Lipinski definition) is 3. The molecule has 1 aliphatic rings. The molecule has 0 fully saturated rings. The van der Waals surface area contributed by atoms with Crippen LogP contribution in [0.5, 0.6) is 0 Å². The molecule has 1 amide bonds. The van der Waals surface area contributed by atoms with Crippen LogP contribution in [0.4, 0.5) is 10.1 Å². The number of halogens is 1. The highest BCUT2D eigenvalue weighted by atomic mass is 19.1. The first kappa shape index (κ1) is 17.4. The summed E-state index contributed by atoms with van der Waals surface area (Å²) in [5.74, 6) is -0.490. The number of fused-ring (bicyclic) bond motifs is 1. The number of ether oxygens (including phenoxy) is 1. The van der Waals surface area contributed by atoms with Crippen molar-refractivity contribution in [3.63, 3.8) is 0 Å². The minimum Gasteiger partial charge on any atom is -0.373 e. The van der Waals surface area contributed by atoms with E-state index >= 15 is 0 Å². The number of carbonyl (C=O) groups excluding carboxylic acids is 1. The van der Waals surface area contributed by atoms with E-state index in [1.807, 2.05) is 18.2 Å². The second kappa shape index (κ2) is 7.68. The number of nitrogens with one attached hydrogen (secondary N) is 1. The van der Waals surface area contributed by atoms with Crippen LogP contribution in [0.2, 0.25) is 0 Å². The Kier molecular flexibility index (Phi) is 4.94. The zero-order chi connectivity index (χ0) is 18.6. The summed E-state index contributed by atoms with van der Waals surface area (Å²) in [6.07, 6.45) is 4.02. The lowest BCUT2D eigenvalue weighted by atomic mass is 9.95. The van der Waals surface area contributed by atoms with Gasteiger partial charge in [0.05, 0.1) is 31.0 Å². The fraction of sp³-hybridized carbons (Fsp3) is 0.182. The predicted octanol–water partition coefficient (Wildman–Crippen LogP) is 4.53. The van der Waals surface area contributed by atoms with Gasteiger partial charge in [-0.2, -0.15) is 0 Å². The molecule has 0 saturated carbocycles.